The zero-order valence-corrected chi connectivity index (χ0v) is 14.5. The molecule has 0 saturated heterocycles. The molecular formula is C20H30O. The minimum atomic E-state index is 0.200. The highest BCUT2D eigenvalue weighted by Gasteiger charge is 2.50. The van der Waals surface area contributed by atoms with Crippen LogP contribution in [-0.4, -0.2) is 11.7 Å². The summed E-state index contributed by atoms with van der Waals surface area (Å²) < 4.78 is 0. The van der Waals surface area contributed by atoms with E-state index in [-0.39, 0.29) is 10.8 Å². The Balaban J connectivity index is 0.000000774. The number of benzene rings is 1. The first-order valence-corrected chi connectivity index (χ1v) is 8.31. The number of rotatable bonds is 2. The van der Waals surface area contributed by atoms with E-state index in [9.17, 15) is 5.11 Å². The first-order valence-electron chi connectivity index (χ1n) is 8.31. The molecule has 1 aromatic rings. The number of aliphatic hydroxyl groups is 1. The Morgan fingerprint density at radius 2 is 1.86 bits per heavy atom. The van der Waals surface area contributed by atoms with E-state index in [0.29, 0.717) is 12.5 Å². The summed E-state index contributed by atoms with van der Waals surface area (Å²) >= 11 is 0. The van der Waals surface area contributed by atoms with E-state index in [1.54, 1.807) is 0 Å². The maximum Gasteiger partial charge on any atom is 0.0468 e. The van der Waals surface area contributed by atoms with E-state index in [1.165, 1.54) is 22.3 Å². The van der Waals surface area contributed by atoms with Gasteiger partial charge in [-0.15, -0.1) is 0 Å². The molecule has 1 unspecified atom stereocenters. The van der Waals surface area contributed by atoms with Gasteiger partial charge in [0.15, 0.2) is 0 Å². The summed E-state index contributed by atoms with van der Waals surface area (Å²) in [5.41, 5.74) is 6.14. The molecule has 0 heterocycles. The van der Waals surface area contributed by atoms with Gasteiger partial charge in [-0.1, -0.05) is 58.9 Å². The van der Waals surface area contributed by atoms with Crippen LogP contribution in [0.5, 0.6) is 0 Å². The minimum absolute atomic E-state index is 0.200. The predicted molar refractivity (Wildman–Crippen MR) is 91.6 cm³/mol. The molecule has 21 heavy (non-hydrogen) atoms. The average molecular weight is 286 g/mol. The summed E-state index contributed by atoms with van der Waals surface area (Å²) in [5.74, 6) is 0.450. The van der Waals surface area contributed by atoms with Crippen LogP contribution >= 0.6 is 0 Å². The van der Waals surface area contributed by atoms with Crippen molar-refractivity contribution in [3.8, 4) is 0 Å². The van der Waals surface area contributed by atoms with Crippen LogP contribution < -0.4 is 0 Å². The highest BCUT2D eigenvalue weighted by atomic mass is 16.3. The van der Waals surface area contributed by atoms with E-state index in [0.717, 1.165) is 12.8 Å². The van der Waals surface area contributed by atoms with Crippen LogP contribution in [0.2, 0.25) is 0 Å². The monoisotopic (exact) mass is 286 g/mol. The highest BCUT2D eigenvalue weighted by molar-refractivity contribution is 5.71. The lowest BCUT2D eigenvalue weighted by Crippen LogP contribution is -2.22. The molecule has 1 fully saturated rings. The Bertz CT molecular complexity index is 553. The van der Waals surface area contributed by atoms with Crippen molar-refractivity contribution >= 4 is 5.57 Å². The van der Waals surface area contributed by atoms with Crippen LogP contribution in [0.4, 0.5) is 0 Å². The van der Waals surface area contributed by atoms with Gasteiger partial charge in [-0.05, 0) is 58.8 Å². The standard InChI is InChI=1S/C18H24O.C2H6/c1-12-7-8-17(2,3)16-6-5-13(9-15(12)16)18(4)10-14(18)11-19;1-2/h5-7,9,14,19H,8,10-11H2,1-4H3;1-2H3/t14?,18-;/m1./s1. The van der Waals surface area contributed by atoms with Gasteiger partial charge in [0.2, 0.25) is 0 Å². The van der Waals surface area contributed by atoms with Crippen LogP contribution in [0.3, 0.4) is 0 Å². The molecule has 1 heteroatoms. The molecule has 1 N–H and O–H groups in total. The van der Waals surface area contributed by atoms with Gasteiger partial charge < -0.3 is 5.11 Å². The maximum absolute atomic E-state index is 9.37. The van der Waals surface area contributed by atoms with Crippen molar-refractivity contribution < 1.29 is 5.11 Å². The molecule has 2 atom stereocenters. The summed E-state index contributed by atoms with van der Waals surface area (Å²) in [5, 5.41) is 9.37. The van der Waals surface area contributed by atoms with Crippen molar-refractivity contribution in [1.29, 1.82) is 0 Å². The minimum Gasteiger partial charge on any atom is -0.396 e. The van der Waals surface area contributed by atoms with Crippen molar-refractivity contribution in [2.45, 2.75) is 65.2 Å². The summed E-state index contributed by atoms with van der Waals surface area (Å²) in [7, 11) is 0. The van der Waals surface area contributed by atoms with Crippen LogP contribution in [0.15, 0.2) is 24.3 Å². The van der Waals surface area contributed by atoms with E-state index in [1.807, 2.05) is 13.8 Å². The number of allylic oxidation sites excluding steroid dienone is 2. The van der Waals surface area contributed by atoms with Crippen molar-refractivity contribution in [3.63, 3.8) is 0 Å². The molecule has 0 aliphatic heterocycles. The van der Waals surface area contributed by atoms with Gasteiger partial charge in [0, 0.05) is 6.61 Å². The van der Waals surface area contributed by atoms with E-state index >= 15 is 0 Å². The lowest BCUT2D eigenvalue weighted by Gasteiger charge is -2.32. The Morgan fingerprint density at radius 3 is 2.43 bits per heavy atom. The largest absolute Gasteiger partial charge is 0.396 e. The van der Waals surface area contributed by atoms with Gasteiger partial charge in [-0.3, -0.25) is 0 Å². The molecule has 1 nitrogen and oxygen atoms in total. The molecule has 3 rings (SSSR count). The molecule has 1 saturated carbocycles. The van der Waals surface area contributed by atoms with Gasteiger partial charge in [0.1, 0.15) is 0 Å². The number of fused-ring (bicyclic) bond motifs is 1. The van der Waals surface area contributed by atoms with Crippen molar-refractivity contribution in [3.05, 3.63) is 41.0 Å². The van der Waals surface area contributed by atoms with Gasteiger partial charge in [0.25, 0.3) is 0 Å². The number of hydrogen-bond acceptors (Lipinski definition) is 1. The third-order valence-electron chi connectivity index (χ3n) is 5.38. The van der Waals surface area contributed by atoms with Crippen molar-refractivity contribution in [1.82, 2.24) is 0 Å². The molecule has 1 aromatic carbocycles. The Labute approximate surface area is 130 Å². The van der Waals surface area contributed by atoms with Crippen LogP contribution in [-0.2, 0) is 10.8 Å². The Kier molecular flexibility index (Phi) is 4.35. The van der Waals surface area contributed by atoms with Crippen LogP contribution in [0.1, 0.15) is 71.1 Å². The smallest absolute Gasteiger partial charge is 0.0468 e. The van der Waals surface area contributed by atoms with E-state index in [4.69, 9.17) is 0 Å². The van der Waals surface area contributed by atoms with Crippen molar-refractivity contribution in [2.75, 3.05) is 6.61 Å². The van der Waals surface area contributed by atoms with Gasteiger partial charge in [-0.25, -0.2) is 0 Å². The SMILES string of the molecule is CC.CC1=CCC(C)(C)c2ccc([C@@]3(C)CC3CO)cc21. The fraction of sp³-hybridized carbons (Fsp3) is 0.600. The molecule has 0 spiro atoms. The zero-order valence-electron chi connectivity index (χ0n) is 14.5. The second-order valence-electron chi connectivity index (χ2n) is 7.24. The first kappa shape index (κ1) is 16.3. The molecule has 2 aliphatic rings. The maximum atomic E-state index is 9.37. The van der Waals surface area contributed by atoms with Crippen LogP contribution in [0, 0.1) is 5.92 Å². The Hall–Kier alpha value is -1.08. The molecule has 0 amide bonds. The Morgan fingerprint density at radius 1 is 1.19 bits per heavy atom. The fourth-order valence-electron chi connectivity index (χ4n) is 3.52. The normalized spacial score (nSPS) is 28.9. The topological polar surface area (TPSA) is 20.2 Å². The molecule has 116 valence electrons. The highest BCUT2D eigenvalue weighted by Crippen LogP contribution is 2.54. The first-order chi connectivity index (χ1) is 9.88. The molecule has 0 bridgehead atoms. The summed E-state index contributed by atoms with van der Waals surface area (Å²) in [4.78, 5) is 0. The lowest BCUT2D eigenvalue weighted by atomic mass is 9.72. The second-order valence-corrected chi connectivity index (χ2v) is 7.24. The summed E-state index contributed by atoms with van der Waals surface area (Å²) in [6.45, 7) is 13.5. The zero-order chi connectivity index (χ0) is 15.8. The van der Waals surface area contributed by atoms with Gasteiger partial charge >= 0.3 is 0 Å². The van der Waals surface area contributed by atoms with E-state index in [2.05, 4.69) is 52.0 Å². The quantitative estimate of drug-likeness (QED) is 0.805. The van der Waals surface area contributed by atoms with E-state index < -0.39 is 0 Å². The third-order valence-corrected chi connectivity index (χ3v) is 5.38. The molecule has 2 aliphatic carbocycles. The predicted octanol–water partition coefficient (Wildman–Crippen LogP) is 5.07. The summed E-state index contributed by atoms with van der Waals surface area (Å²) in [6, 6.07) is 6.98. The molecule has 0 radical (unpaired) electrons. The number of aliphatic hydroxyl groups excluding tert-OH is 1. The lowest BCUT2D eigenvalue weighted by molar-refractivity contribution is 0.265. The molecule has 0 aromatic heterocycles. The second kappa shape index (κ2) is 5.61. The van der Waals surface area contributed by atoms with Crippen LogP contribution in [0.25, 0.3) is 5.57 Å². The van der Waals surface area contributed by atoms with Gasteiger partial charge in [0.05, 0.1) is 0 Å². The third kappa shape index (κ3) is 2.68. The average Bonchev–Trinajstić information content (AvgIpc) is 3.18. The van der Waals surface area contributed by atoms with Gasteiger partial charge in [-0.2, -0.15) is 0 Å². The fourth-order valence-corrected chi connectivity index (χ4v) is 3.52. The summed E-state index contributed by atoms with van der Waals surface area (Å²) in [6.07, 6.45) is 4.61. The van der Waals surface area contributed by atoms with Crippen molar-refractivity contribution in [2.24, 2.45) is 5.92 Å². The number of hydrogen-bond donors (Lipinski definition) is 1. The molecular weight excluding hydrogens is 256 g/mol.